The maximum atomic E-state index is 10.0. The molecular formula is C8H13ClO2. The number of carboxylic acid groups (broad SMARTS) is 1. The molecule has 1 N–H and O–H groups in total. The number of halogens is 1. The first kappa shape index (κ1) is 10.5. The van der Waals surface area contributed by atoms with E-state index < -0.39 is 5.97 Å². The zero-order chi connectivity index (χ0) is 8.53. The first-order valence-corrected chi connectivity index (χ1v) is 4.23. The monoisotopic (exact) mass is 176 g/mol. The van der Waals surface area contributed by atoms with Crippen molar-refractivity contribution in [2.75, 3.05) is 5.88 Å². The molecule has 0 spiro atoms. The highest BCUT2D eigenvalue weighted by Gasteiger charge is 1.92. The van der Waals surface area contributed by atoms with Gasteiger partial charge in [-0.1, -0.05) is 12.2 Å². The van der Waals surface area contributed by atoms with Crippen LogP contribution in [0.1, 0.15) is 25.7 Å². The molecule has 0 amide bonds. The Hall–Kier alpha value is -0.500. The van der Waals surface area contributed by atoms with Crippen molar-refractivity contribution in [3.8, 4) is 0 Å². The molecule has 64 valence electrons. The van der Waals surface area contributed by atoms with Crippen molar-refractivity contribution in [2.24, 2.45) is 0 Å². The van der Waals surface area contributed by atoms with Crippen LogP contribution < -0.4 is 0 Å². The molecule has 11 heavy (non-hydrogen) atoms. The van der Waals surface area contributed by atoms with Gasteiger partial charge in [-0.15, -0.1) is 11.6 Å². The van der Waals surface area contributed by atoms with E-state index in [0.717, 1.165) is 12.8 Å². The lowest BCUT2D eigenvalue weighted by Crippen LogP contribution is -1.92. The molecule has 0 atom stereocenters. The Kier molecular flexibility index (Phi) is 7.26. The first-order valence-electron chi connectivity index (χ1n) is 3.70. The van der Waals surface area contributed by atoms with E-state index in [9.17, 15) is 4.79 Å². The summed E-state index contributed by atoms with van der Waals surface area (Å²) in [5.41, 5.74) is 0. The average molecular weight is 177 g/mol. The van der Waals surface area contributed by atoms with Crippen LogP contribution in [0.2, 0.25) is 0 Å². The highest BCUT2D eigenvalue weighted by Crippen LogP contribution is 1.97. The maximum Gasteiger partial charge on any atom is 0.303 e. The van der Waals surface area contributed by atoms with Crippen LogP contribution in [-0.2, 0) is 4.79 Å². The predicted octanol–water partition coefficient (Wildman–Crippen LogP) is 2.43. The Labute approximate surface area is 71.9 Å². The van der Waals surface area contributed by atoms with Crippen molar-refractivity contribution in [1.82, 2.24) is 0 Å². The topological polar surface area (TPSA) is 37.3 Å². The van der Waals surface area contributed by atoms with Crippen LogP contribution in [0.3, 0.4) is 0 Å². The van der Waals surface area contributed by atoms with Crippen molar-refractivity contribution < 1.29 is 9.90 Å². The third-order valence-electron chi connectivity index (χ3n) is 1.20. The van der Waals surface area contributed by atoms with Gasteiger partial charge >= 0.3 is 5.97 Å². The van der Waals surface area contributed by atoms with E-state index in [1.165, 1.54) is 0 Å². The molecule has 0 aliphatic rings. The largest absolute Gasteiger partial charge is 0.481 e. The van der Waals surface area contributed by atoms with Gasteiger partial charge in [0.25, 0.3) is 0 Å². The van der Waals surface area contributed by atoms with E-state index in [-0.39, 0.29) is 6.42 Å². The van der Waals surface area contributed by atoms with E-state index in [2.05, 4.69) is 0 Å². The number of rotatable bonds is 6. The van der Waals surface area contributed by atoms with Crippen LogP contribution in [0.15, 0.2) is 12.2 Å². The molecule has 0 unspecified atom stereocenters. The van der Waals surface area contributed by atoms with Crippen LogP contribution in [0, 0.1) is 0 Å². The Bertz CT molecular complexity index is 132. The van der Waals surface area contributed by atoms with Gasteiger partial charge < -0.3 is 5.11 Å². The molecular weight excluding hydrogens is 164 g/mol. The minimum atomic E-state index is -0.726. The number of carbonyl (C=O) groups is 1. The Morgan fingerprint density at radius 3 is 2.55 bits per heavy atom. The van der Waals surface area contributed by atoms with Crippen LogP contribution in [-0.4, -0.2) is 17.0 Å². The van der Waals surface area contributed by atoms with E-state index >= 15 is 0 Å². The number of hydrogen-bond donors (Lipinski definition) is 1. The Morgan fingerprint density at radius 1 is 1.36 bits per heavy atom. The molecule has 3 heteroatoms. The number of carboxylic acids is 1. The molecule has 0 radical (unpaired) electrons. The second-order valence-electron chi connectivity index (χ2n) is 2.24. The number of alkyl halides is 1. The van der Waals surface area contributed by atoms with Crippen molar-refractivity contribution >= 4 is 17.6 Å². The predicted molar refractivity (Wildman–Crippen MR) is 46.0 cm³/mol. The molecule has 0 saturated carbocycles. The van der Waals surface area contributed by atoms with Crippen molar-refractivity contribution in [3.05, 3.63) is 12.2 Å². The van der Waals surface area contributed by atoms with Gasteiger partial charge in [0, 0.05) is 12.3 Å². The highest BCUT2D eigenvalue weighted by atomic mass is 35.5. The third kappa shape index (κ3) is 9.50. The second kappa shape index (κ2) is 7.61. The summed E-state index contributed by atoms with van der Waals surface area (Å²) in [5, 5.41) is 8.27. The van der Waals surface area contributed by atoms with Crippen molar-refractivity contribution in [2.45, 2.75) is 25.7 Å². The average Bonchev–Trinajstić information content (AvgIpc) is 1.96. The van der Waals surface area contributed by atoms with Crippen molar-refractivity contribution in [1.29, 1.82) is 0 Å². The molecule has 0 aliphatic carbocycles. The van der Waals surface area contributed by atoms with E-state index in [1.54, 1.807) is 0 Å². The summed E-state index contributed by atoms with van der Waals surface area (Å²) in [4.78, 5) is 10.0. The SMILES string of the molecule is O=C(O)CCC/C=C/CCCl. The minimum absolute atomic E-state index is 0.255. The van der Waals surface area contributed by atoms with Gasteiger partial charge in [0.1, 0.15) is 0 Å². The Balaban J connectivity index is 3.07. The minimum Gasteiger partial charge on any atom is -0.481 e. The quantitative estimate of drug-likeness (QED) is 0.384. The first-order chi connectivity index (χ1) is 5.27. The van der Waals surface area contributed by atoms with E-state index in [1.807, 2.05) is 12.2 Å². The summed E-state index contributed by atoms with van der Waals surface area (Å²) in [6.07, 6.45) is 6.64. The van der Waals surface area contributed by atoms with Gasteiger partial charge in [-0.3, -0.25) is 4.79 Å². The third-order valence-corrected chi connectivity index (χ3v) is 1.42. The number of unbranched alkanes of at least 4 members (excludes halogenated alkanes) is 1. The molecule has 0 rings (SSSR count). The molecule has 0 saturated heterocycles. The lowest BCUT2D eigenvalue weighted by Gasteiger charge is -1.89. The molecule has 2 nitrogen and oxygen atoms in total. The fourth-order valence-electron chi connectivity index (χ4n) is 0.670. The van der Waals surface area contributed by atoms with Crippen LogP contribution in [0.5, 0.6) is 0 Å². The second-order valence-corrected chi connectivity index (χ2v) is 2.61. The standard InChI is InChI=1S/C8H13ClO2/c9-7-5-3-1-2-4-6-8(10)11/h1,3H,2,4-7H2,(H,10,11)/b3-1+. The zero-order valence-electron chi connectivity index (χ0n) is 6.42. The molecule has 0 aromatic carbocycles. The summed E-state index contributed by atoms with van der Waals surface area (Å²) in [6.45, 7) is 0. The van der Waals surface area contributed by atoms with Crippen LogP contribution >= 0.6 is 11.6 Å². The maximum absolute atomic E-state index is 10.0. The number of allylic oxidation sites excluding steroid dienone is 2. The van der Waals surface area contributed by atoms with Crippen LogP contribution in [0.25, 0.3) is 0 Å². The summed E-state index contributed by atoms with van der Waals surface area (Å²) in [6, 6.07) is 0. The lowest BCUT2D eigenvalue weighted by molar-refractivity contribution is -0.137. The van der Waals surface area contributed by atoms with E-state index in [0.29, 0.717) is 12.3 Å². The summed E-state index contributed by atoms with van der Waals surface area (Å²) in [5.74, 6) is -0.0918. The highest BCUT2D eigenvalue weighted by molar-refractivity contribution is 6.17. The van der Waals surface area contributed by atoms with Gasteiger partial charge in [-0.25, -0.2) is 0 Å². The fraction of sp³-hybridized carbons (Fsp3) is 0.625. The van der Waals surface area contributed by atoms with Crippen LogP contribution in [0.4, 0.5) is 0 Å². The molecule has 0 aliphatic heterocycles. The summed E-state index contributed by atoms with van der Waals surface area (Å²) in [7, 11) is 0. The lowest BCUT2D eigenvalue weighted by atomic mass is 10.2. The fourth-order valence-corrected chi connectivity index (χ4v) is 0.796. The van der Waals surface area contributed by atoms with Gasteiger partial charge in [-0.05, 0) is 19.3 Å². The van der Waals surface area contributed by atoms with Gasteiger partial charge in [0.2, 0.25) is 0 Å². The smallest absolute Gasteiger partial charge is 0.303 e. The molecule has 0 bridgehead atoms. The molecule has 0 aromatic rings. The van der Waals surface area contributed by atoms with Crippen molar-refractivity contribution in [3.63, 3.8) is 0 Å². The molecule has 0 fully saturated rings. The summed E-state index contributed by atoms with van der Waals surface area (Å²) < 4.78 is 0. The summed E-state index contributed by atoms with van der Waals surface area (Å²) >= 11 is 5.42. The Morgan fingerprint density at radius 2 is 2.00 bits per heavy atom. The van der Waals surface area contributed by atoms with E-state index in [4.69, 9.17) is 16.7 Å². The number of aliphatic carboxylic acids is 1. The molecule has 0 heterocycles. The normalized spacial score (nSPS) is 10.6. The zero-order valence-corrected chi connectivity index (χ0v) is 7.18. The van der Waals surface area contributed by atoms with Gasteiger partial charge in [0.05, 0.1) is 0 Å². The molecule has 0 aromatic heterocycles. The number of hydrogen-bond acceptors (Lipinski definition) is 1. The van der Waals surface area contributed by atoms with Gasteiger partial charge in [0.15, 0.2) is 0 Å². The van der Waals surface area contributed by atoms with Gasteiger partial charge in [-0.2, -0.15) is 0 Å².